The highest BCUT2D eigenvalue weighted by Crippen LogP contribution is 2.30. The smallest absolute Gasteiger partial charge is 0.261 e. The molecule has 5 nitrogen and oxygen atoms in total. The molecule has 0 amide bonds. The van der Waals surface area contributed by atoms with Crippen LogP contribution in [0.1, 0.15) is 25.1 Å². The second kappa shape index (κ2) is 5.40. The van der Waals surface area contributed by atoms with Gasteiger partial charge in [-0.15, -0.1) is 0 Å². The molecule has 0 aliphatic carbocycles. The van der Waals surface area contributed by atoms with Gasteiger partial charge in [0.05, 0.1) is 18.8 Å². The number of ether oxygens (including phenoxy) is 2. The summed E-state index contributed by atoms with van der Waals surface area (Å²) in [5.41, 5.74) is 0.835. The van der Waals surface area contributed by atoms with Gasteiger partial charge in [-0.3, -0.25) is 0 Å². The Morgan fingerprint density at radius 2 is 2.26 bits per heavy atom. The molecule has 1 aromatic heterocycles. The molecule has 1 saturated heterocycles. The first-order valence-electron chi connectivity index (χ1n) is 6.52. The molecule has 0 bridgehead atoms. The SMILES string of the molecule is CCOc1ccccc1-c1nc([C@H]2CCOC2)no1. The average molecular weight is 260 g/mol. The van der Waals surface area contributed by atoms with Gasteiger partial charge in [-0.25, -0.2) is 0 Å². The zero-order valence-electron chi connectivity index (χ0n) is 10.8. The van der Waals surface area contributed by atoms with E-state index in [0.717, 1.165) is 30.2 Å². The molecule has 19 heavy (non-hydrogen) atoms. The van der Waals surface area contributed by atoms with Crippen molar-refractivity contribution in [2.75, 3.05) is 19.8 Å². The summed E-state index contributed by atoms with van der Waals surface area (Å²) in [6.45, 7) is 4.00. The van der Waals surface area contributed by atoms with Crippen LogP contribution < -0.4 is 4.74 Å². The molecule has 1 aliphatic heterocycles. The minimum absolute atomic E-state index is 0.247. The van der Waals surface area contributed by atoms with E-state index in [-0.39, 0.29) is 5.92 Å². The predicted molar refractivity (Wildman–Crippen MR) is 69.1 cm³/mol. The topological polar surface area (TPSA) is 57.4 Å². The summed E-state index contributed by atoms with van der Waals surface area (Å²) >= 11 is 0. The summed E-state index contributed by atoms with van der Waals surface area (Å²) in [4.78, 5) is 4.47. The lowest BCUT2D eigenvalue weighted by atomic mass is 10.1. The van der Waals surface area contributed by atoms with Gasteiger partial charge in [-0.05, 0) is 25.5 Å². The van der Waals surface area contributed by atoms with E-state index in [1.807, 2.05) is 31.2 Å². The first-order chi connectivity index (χ1) is 9.38. The van der Waals surface area contributed by atoms with Gasteiger partial charge < -0.3 is 14.0 Å². The van der Waals surface area contributed by atoms with Crippen LogP contribution in [0.2, 0.25) is 0 Å². The molecule has 1 aliphatic rings. The van der Waals surface area contributed by atoms with Gasteiger partial charge in [-0.1, -0.05) is 17.3 Å². The van der Waals surface area contributed by atoms with E-state index in [1.165, 1.54) is 0 Å². The van der Waals surface area contributed by atoms with Crippen LogP contribution in [0.3, 0.4) is 0 Å². The van der Waals surface area contributed by atoms with Crippen LogP contribution in [0.15, 0.2) is 28.8 Å². The summed E-state index contributed by atoms with van der Waals surface area (Å²) in [6, 6.07) is 7.69. The molecule has 3 rings (SSSR count). The van der Waals surface area contributed by atoms with Gasteiger partial charge in [0.2, 0.25) is 0 Å². The van der Waals surface area contributed by atoms with E-state index in [9.17, 15) is 0 Å². The van der Waals surface area contributed by atoms with Crippen LogP contribution in [-0.4, -0.2) is 30.0 Å². The quantitative estimate of drug-likeness (QED) is 0.845. The van der Waals surface area contributed by atoms with Gasteiger partial charge >= 0.3 is 0 Å². The molecule has 100 valence electrons. The Morgan fingerprint density at radius 1 is 1.37 bits per heavy atom. The maximum Gasteiger partial charge on any atom is 0.261 e. The number of hydrogen-bond acceptors (Lipinski definition) is 5. The second-order valence-electron chi connectivity index (χ2n) is 4.45. The van der Waals surface area contributed by atoms with Gasteiger partial charge in [0.25, 0.3) is 5.89 Å². The third kappa shape index (κ3) is 2.46. The first-order valence-corrected chi connectivity index (χ1v) is 6.52. The molecule has 0 N–H and O–H groups in total. The Hall–Kier alpha value is -1.88. The molecule has 0 spiro atoms. The summed E-state index contributed by atoms with van der Waals surface area (Å²) in [5.74, 6) is 2.24. The van der Waals surface area contributed by atoms with E-state index >= 15 is 0 Å². The average Bonchev–Trinajstić information content (AvgIpc) is 3.11. The molecule has 2 heterocycles. The molecule has 0 unspecified atom stereocenters. The van der Waals surface area contributed by atoms with Crippen molar-refractivity contribution in [3.05, 3.63) is 30.1 Å². The van der Waals surface area contributed by atoms with E-state index in [1.54, 1.807) is 0 Å². The second-order valence-corrected chi connectivity index (χ2v) is 4.45. The highest BCUT2D eigenvalue weighted by Gasteiger charge is 2.24. The Labute approximate surface area is 111 Å². The molecule has 0 radical (unpaired) electrons. The fraction of sp³-hybridized carbons (Fsp3) is 0.429. The van der Waals surface area contributed by atoms with E-state index in [2.05, 4.69) is 10.1 Å². The lowest BCUT2D eigenvalue weighted by Gasteiger charge is -2.05. The Bertz CT molecular complexity index is 547. The third-order valence-corrected chi connectivity index (χ3v) is 3.15. The molecule has 1 aromatic carbocycles. The molecule has 0 saturated carbocycles. The monoisotopic (exact) mass is 260 g/mol. The van der Waals surface area contributed by atoms with E-state index in [4.69, 9.17) is 14.0 Å². The third-order valence-electron chi connectivity index (χ3n) is 3.15. The van der Waals surface area contributed by atoms with Crippen LogP contribution in [0, 0.1) is 0 Å². The Kier molecular flexibility index (Phi) is 3.46. The summed E-state index contributed by atoms with van der Waals surface area (Å²) < 4.78 is 16.3. The Morgan fingerprint density at radius 3 is 3.05 bits per heavy atom. The number of benzene rings is 1. The molecule has 5 heteroatoms. The molecular formula is C14H16N2O3. The first kappa shape index (κ1) is 12.2. The maximum atomic E-state index is 5.57. The molecule has 2 aromatic rings. The van der Waals surface area contributed by atoms with Crippen LogP contribution >= 0.6 is 0 Å². The van der Waals surface area contributed by atoms with E-state index < -0.39 is 0 Å². The maximum absolute atomic E-state index is 5.57. The molecular weight excluding hydrogens is 244 g/mol. The van der Waals surface area contributed by atoms with Crippen molar-refractivity contribution in [2.45, 2.75) is 19.3 Å². The summed E-state index contributed by atoms with van der Waals surface area (Å²) in [7, 11) is 0. The predicted octanol–water partition coefficient (Wildman–Crippen LogP) is 2.64. The minimum Gasteiger partial charge on any atom is -0.493 e. The largest absolute Gasteiger partial charge is 0.493 e. The standard InChI is InChI=1S/C14H16N2O3/c1-2-18-12-6-4-3-5-11(12)14-15-13(16-19-14)10-7-8-17-9-10/h3-6,10H,2,7-9H2,1H3/t10-/m0/s1. The molecule has 1 fully saturated rings. The normalized spacial score (nSPS) is 18.7. The van der Waals surface area contributed by atoms with Crippen molar-refractivity contribution < 1.29 is 14.0 Å². The number of aromatic nitrogens is 2. The highest BCUT2D eigenvalue weighted by atomic mass is 16.5. The van der Waals surface area contributed by atoms with Gasteiger partial charge in [0.15, 0.2) is 5.82 Å². The van der Waals surface area contributed by atoms with Crippen molar-refractivity contribution in [2.24, 2.45) is 0 Å². The van der Waals surface area contributed by atoms with Gasteiger partial charge in [0, 0.05) is 12.5 Å². The lowest BCUT2D eigenvalue weighted by Crippen LogP contribution is -1.99. The number of nitrogens with zero attached hydrogens (tertiary/aromatic N) is 2. The number of hydrogen-bond donors (Lipinski definition) is 0. The summed E-state index contributed by atoms with van der Waals surface area (Å²) in [5, 5.41) is 4.05. The minimum atomic E-state index is 0.247. The molecule has 1 atom stereocenters. The van der Waals surface area contributed by atoms with Crippen LogP contribution in [-0.2, 0) is 4.74 Å². The fourth-order valence-corrected chi connectivity index (χ4v) is 2.17. The van der Waals surface area contributed by atoms with Crippen LogP contribution in [0.5, 0.6) is 5.75 Å². The Balaban J connectivity index is 1.89. The van der Waals surface area contributed by atoms with Crippen LogP contribution in [0.25, 0.3) is 11.5 Å². The van der Waals surface area contributed by atoms with Gasteiger partial charge in [0.1, 0.15) is 5.75 Å². The zero-order valence-corrected chi connectivity index (χ0v) is 10.8. The lowest BCUT2D eigenvalue weighted by molar-refractivity contribution is 0.192. The van der Waals surface area contributed by atoms with Crippen molar-refractivity contribution in [3.8, 4) is 17.2 Å². The fourth-order valence-electron chi connectivity index (χ4n) is 2.17. The van der Waals surface area contributed by atoms with Crippen molar-refractivity contribution in [3.63, 3.8) is 0 Å². The van der Waals surface area contributed by atoms with Gasteiger partial charge in [-0.2, -0.15) is 4.98 Å². The number of para-hydroxylation sites is 1. The van der Waals surface area contributed by atoms with E-state index in [0.29, 0.717) is 19.1 Å². The summed E-state index contributed by atoms with van der Waals surface area (Å²) in [6.07, 6.45) is 0.950. The van der Waals surface area contributed by atoms with Crippen molar-refractivity contribution >= 4 is 0 Å². The van der Waals surface area contributed by atoms with Crippen molar-refractivity contribution in [1.82, 2.24) is 10.1 Å². The highest BCUT2D eigenvalue weighted by molar-refractivity contribution is 5.62. The van der Waals surface area contributed by atoms with Crippen molar-refractivity contribution in [1.29, 1.82) is 0 Å². The zero-order chi connectivity index (χ0) is 13.1. The number of rotatable bonds is 4. The van der Waals surface area contributed by atoms with Crippen LogP contribution in [0.4, 0.5) is 0 Å².